The summed E-state index contributed by atoms with van der Waals surface area (Å²) in [5, 5.41) is 17.9. The molecule has 0 unspecified atom stereocenters. The number of nitrogens with zero attached hydrogens (tertiary/aromatic N) is 8. The van der Waals surface area contributed by atoms with Gasteiger partial charge in [0.15, 0.2) is 11.6 Å². The number of unbranched alkanes of at least 4 members (excludes halogenated alkanes) is 2. The first kappa shape index (κ1) is 48.4. The number of likely N-dealkylation sites (tertiary alicyclic amines) is 1. The van der Waals surface area contributed by atoms with Gasteiger partial charge in [-0.05, 0) is 96.4 Å². The summed E-state index contributed by atoms with van der Waals surface area (Å²) < 4.78 is 15.9. The number of esters is 1. The summed E-state index contributed by atoms with van der Waals surface area (Å²) in [6.45, 7) is 10.6. The van der Waals surface area contributed by atoms with Crippen molar-refractivity contribution in [2.24, 2.45) is 11.8 Å². The summed E-state index contributed by atoms with van der Waals surface area (Å²) in [5.41, 5.74) is 12.0. The largest absolute Gasteiger partial charge is 0.468 e. The van der Waals surface area contributed by atoms with E-state index in [9.17, 15) is 19.7 Å². The number of fused-ring (bicyclic) bond motifs is 1. The van der Waals surface area contributed by atoms with Gasteiger partial charge in [0.05, 0.1) is 31.8 Å². The zero-order valence-electron chi connectivity index (χ0n) is 32.9. The second-order valence-corrected chi connectivity index (χ2v) is 14.3. The second-order valence-electron chi connectivity index (χ2n) is 14.3. The molecule has 3 aliphatic heterocycles. The number of nitro groups is 1. The Bertz CT molecular complexity index is 1550. The number of rotatable bonds is 18. The number of aromatic nitrogens is 4. The number of nitrogens with two attached hydrogens (primary N) is 2. The molecular weight excluding hydrogens is 736 g/mol. The van der Waals surface area contributed by atoms with Gasteiger partial charge in [-0.3, -0.25) is 19.7 Å². The van der Waals surface area contributed by atoms with Gasteiger partial charge in [-0.25, -0.2) is 0 Å². The van der Waals surface area contributed by atoms with Gasteiger partial charge in [-0.2, -0.15) is 19.9 Å². The molecule has 57 heavy (non-hydrogen) atoms. The van der Waals surface area contributed by atoms with Gasteiger partial charge in [0.2, 0.25) is 17.5 Å². The van der Waals surface area contributed by atoms with Crippen molar-refractivity contribution in [2.45, 2.75) is 92.9 Å². The molecule has 6 N–H and O–H groups in total. The van der Waals surface area contributed by atoms with Crippen LogP contribution in [0.1, 0.15) is 92.9 Å². The Labute approximate surface area is 338 Å². The number of nitrogens with one attached hydrogen (secondary N) is 2. The molecule has 0 spiro atoms. The van der Waals surface area contributed by atoms with Crippen LogP contribution < -0.4 is 41.4 Å². The SMILES string of the molecule is C.C.CCCCOc1nc(N)c([N+](=O)[O-])c(N(CCC2CCN(C)CC2)CC(=O)OC)n1.CCCCOc1nc(N)c2c(n1)N(CCC1CCNCC1)CC(=O)N2. The van der Waals surface area contributed by atoms with Crippen LogP contribution in [0.3, 0.4) is 0 Å². The van der Waals surface area contributed by atoms with Crippen LogP contribution in [0.15, 0.2) is 0 Å². The molecule has 2 fully saturated rings. The molecule has 3 aliphatic rings. The van der Waals surface area contributed by atoms with E-state index < -0.39 is 16.6 Å². The van der Waals surface area contributed by atoms with E-state index in [0.717, 1.165) is 84.1 Å². The number of methoxy groups -OCH3 is 1. The van der Waals surface area contributed by atoms with Gasteiger partial charge in [-0.1, -0.05) is 41.5 Å². The average Bonchev–Trinajstić information content (AvgIpc) is 3.17. The zero-order chi connectivity index (χ0) is 39.7. The number of hydrogen-bond donors (Lipinski definition) is 4. The predicted molar refractivity (Wildman–Crippen MR) is 224 cm³/mol. The molecule has 0 saturated carbocycles. The van der Waals surface area contributed by atoms with E-state index in [4.69, 9.17) is 25.7 Å². The van der Waals surface area contributed by atoms with E-state index in [1.165, 1.54) is 20.0 Å². The maximum absolute atomic E-state index is 12.0. The van der Waals surface area contributed by atoms with Gasteiger partial charge in [-0.15, -0.1) is 0 Å². The predicted octanol–water partition coefficient (Wildman–Crippen LogP) is 4.52. The van der Waals surface area contributed by atoms with Crippen LogP contribution in [0.25, 0.3) is 0 Å². The molecule has 322 valence electrons. The van der Waals surface area contributed by atoms with Crippen molar-refractivity contribution in [3.05, 3.63) is 10.1 Å². The molecule has 2 saturated heterocycles. The molecule has 2 aromatic rings. The Balaban J connectivity index is 0.000000385. The number of hydrogen-bond acceptors (Lipinski definition) is 17. The van der Waals surface area contributed by atoms with Crippen molar-refractivity contribution in [2.75, 3.05) is 106 Å². The maximum atomic E-state index is 12.0. The monoisotopic (exact) mass is 805 g/mol. The van der Waals surface area contributed by atoms with Crippen LogP contribution in [0, 0.1) is 22.0 Å². The molecule has 0 atom stereocenters. The lowest BCUT2D eigenvalue weighted by atomic mass is 9.93. The molecule has 0 radical (unpaired) electrons. The standard InChI is InChI=1S/C19H32N6O5.C17H28N6O2.2CH4/c1-4-5-12-30-19-21-17(20)16(25(27)28)18(22-19)24(13-15(26)29-3)11-8-14-6-9-23(2)10-7-14;1-2-3-10-25-17-21-15(18)14-16(22-17)23(11-13(24)20-14)9-6-12-4-7-19-8-5-12;;/h14H,4-13H2,1-3H3,(H2,20,21,22);12,19H,2-11H2,1H3,(H,20,24)(H2,18,21,22);2*1H4. The summed E-state index contributed by atoms with van der Waals surface area (Å²) in [6.07, 6.45) is 9.97. The fourth-order valence-corrected chi connectivity index (χ4v) is 6.66. The molecule has 5 heterocycles. The van der Waals surface area contributed by atoms with Crippen LogP contribution >= 0.6 is 0 Å². The van der Waals surface area contributed by atoms with Crippen LogP contribution in [0.4, 0.5) is 34.6 Å². The Kier molecular flexibility index (Phi) is 21.0. The van der Waals surface area contributed by atoms with Crippen molar-refractivity contribution in [3.63, 3.8) is 0 Å². The summed E-state index contributed by atoms with van der Waals surface area (Å²) in [4.78, 5) is 57.8. The minimum Gasteiger partial charge on any atom is -0.468 e. The minimum atomic E-state index is -0.625. The minimum absolute atomic E-state index is 0. The zero-order valence-corrected chi connectivity index (χ0v) is 32.9. The number of anilines is 5. The fourth-order valence-electron chi connectivity index (χ4n) is 6.66. The third kappa shape index (κ3) is 14.9. The molecule has 0 bridgehead atoms. The number of nitrogen functional groups attached to an aromatic ring is 2. The van der Waals surface area contributed by atoms with E-state index in [2.05, 4.69) is 49.4 Å². The lowest BCUT2D eigenvalue weighted by Gasteiger charge is -2.32. The van der Waals surface area contributed by atoms with Gasteiger partial charge in [0, 0.05) is 13.1 Å². The van der Waals surface area contributed by atoms with E-state index in [0.29, 0.717) is 49.6 Å². The Morgan fingerprint density at radius 3 is 2.12 bits per heavy atom. The van der Waals surface area contributed by atoms with Crippen LogP contribution in [-0.4, -0.2) is 121 Å². The number of ether oxygens (including phenoxy) is 3. The maximum Gasteiger partial charge on any atom is 0.353 e. The molecule has 5 rings (SSSR count). The number of amides is 1. The number of piperidine rings is 2. The second kappa shape index (κ2) is 24.8. The van der Waals surface area contributed by atoms with Crippen molar-refractivity contribution in [1.29, 1.82) is 0 Å². The average molecular weight is 805 g/mol. The van der Waals surface area contributed by atoms with E-state index >= 15 is 0 Å². The summed E-state index contributed by atoms with van der Waals surface area (Å²) in [7, 11) is 3.37. The third-order valence-electron chi connectivity index (χ3n) is 10.1. The first-order valence-corrected chi connectivity index (χ1v) is 19.5. The van der Waals surface area contributed by atoms with Crippen LogP contribution in [-0.2, 0) is 14.3 Å². The van der Waals surface area contributed by atoms with E-state index in [1.807, 2.05) is 11.8 Å². The molecule has 0 aliphatic carbocycles. The quantitative estimate of drug-likeness (QED) is 0.0701. The first-order chi connectivity index (χ1) is 26.5. The summed E-state index contributed by atoms with van der Waals surface area (Å²) in [6, 6.07) is 0.253. The highest BCUT2D eigenvalue weighted by atomic mass is 16.6. The van der Waals surface area contributed by atoms with Gasteiger partial charge < -0.3 is 51.0 Å². The summed E-state index contributed by atoms with van der Waals surface area (Å²) >= 11 is 0. The van der Waals surface area contributed by atoms with Crippen molar-refractivity contribution < 1.29 is 28.7 Å². The third-order valence-corrected chi connectivity index (χ3v) is 10.1. The van der Waals surface area contributed by atoms with Crippen LogP contribution in [0.5, 0.6) is 12.0 Å². The van der Waals surface area contributed by atoms with Crippen molar-refractivity contribution in [1.82, 2.24) is 30.2 Å². The normalized spacial score (nSPS) is 15.8. The highest BCUT2D eigenvalue weighted by Gasteiger charge is 2.31. The van der Waals surface area contributed by atoms with Gasteiger partial charge in [0.1, 0.15) is 12.2 Å². The highest BCUT2D eigenvalue weighted by Crippen LogP contribution is 2.35. The topological polar surface area (TPSA) is 242 Å². The first-order valence-electron chi connectivity index (χ1n) is 19.5. The summed E-state index contributed by atoms with van der Waals surface area (Å²) in [5.74, 6) is 1.20. The molecule has 19 heteroatoms. The Hall–Kier alpha value is -4.78. The Morgan fingerprint density at radius 1 is 0.930 bits per heavy atom. The molecular formula is C38H68N12O7. The van der Waals surface area contributed by atoms with Gasteiger partial charge in [0.25, 0.3) is 0 Å². The molecule has 2 aromatic heterocycles. The number of carbonyl (C=O) groups is 2. The Morgan fingerprint density at radius 2 is 1.53 bits per heavy atom. The van der Waals surface area contributed by atoms with E-state index in [1.54, 1.807) is 4.90 Å². The number of carbonyl (C=O) groups excluding carboxylic acids is 2. The highest BCUT2D eigenvalue weighted by molar-refractivity contribution is 6.03. The van der Waals surface area contributed by atoms with E-state index in [-0.39, 0.29) is 56.8 Å². The molecule has 0 aromatic carbocycles. The smallest absolute Gasteiger partial charge is 0.353 e. The van der Waals surface area contributed by atoms with Crippen molar-refractivity contribution >= 4 is 46.5 Å². The lowest BCUT2D eigenvalue weighted by molar-refractivity contribution is -0.383. The van der Waals surface area contributed by atoms with Crippen molar-refractivity contribution in [3.8, 4) is 12.0 Å². The fraction of sp³-hybridized carbons (Fsp3) is 0.737. The lowest BCUT2D eigenvalue weighted by Crippen LogP contribution is -2.41. The molecule has 1 amide bonds. The molecule has 19 nitrogen and oxygen atoms in total. The van der Waals surface area contributed by atoms with Gasteiger partial charge >= 0.3 is 23.7 Å². The van der Waals surface area contributed by atoms with Crippen LogP contribution in [0.2, 0.25) is 0 Å².